The van der Waals surface area contributed by atoms with Crippen LogP contribution in [0.2, 0.25) is 0 Å². The number of hydrogen-bond donors (Lipinski definition) is 2. The highest BCUT2D eigenvalue weighted by atomic mass is 32.1. The van der Waals surface area contributed by atoms with Crippen LogP contribution in [0.25, 0.3) is 11.3 Å². The maximum atomic E-state index is 11.0. The van der Waals surface area contributed by atoms with E-state index in [9.17, 15) is 5.11 Å². The van der Waals surface area contributed by atoms with Gasteiger partial charge in [-0.05, 0) is 35.1 Å². The molecule has 0 spiro atoms. The van der Waals surface area contributed by atoms with Crippen molar-refractivity contribution >= 4 is 17.6 Å². The second-order valence-electron chi connectivity index (χ2n) is 8.92. The molecule has 28 heavy (non-hydrogen) atoms. The van der Waals surface area contributed by atoms with Gasteiger partial charge in [0, 0.05) is 22.1 Å². The van der Waals surface area contributed by atoms with Crippen LogP contribution >= 0.6 is 11.3 Å². The number of benzene rings is 1. The minimum absolute atomic E-state index is 0.220. The molecule has 5 nitrogen and oxygen atoms in total. The Morgan fingerprint density at radius 3 is 2.21 bits per heavy atom. The molecule has 0 saturated heterocycles. The van der Waals surface area contributed by atoms with Crippen molar-refractivity contribution in [1.29, 1.82) is 5.41 Å². The van der Waals surface area contributed by atoms with Gasteiger partial charge in [-0.3, -0.25) is 5.41 Å². The van der Waals surface area contributed by atoms with Gasteiger partial charge < -0.3 is 9.52 Å². The number of nitrogens with zero attached hydrogens (tertiary/aromatic N) is 2. The molecule has 0 aliphatic carbocycles. The Morgan fingerprint density at radius 1 is 1.11 bits per heavy atom. The van der Waals surface area contributed by atoms with E-state index in [1.807, 2.05) is 23.6 Å². The highest BCUT2D eigenvalue weighted by molar-refractivity contribution is 7.07. The largest absolute Gasteiger partial charge is 0.507 e. The summed E-state index contributed by atoms with van der Waals surface area (Å²) in [7, 11) is 0. The average molecular weight is 398 g/mol. The Balaban J connectivity index is 2.21. The van der Waals surface area contributed by atoms with E-state index in [1.54, 1.807) is 23.2 Å². The van der Waals surface area contributed by atoms with Gasteiger partial charge in [-0.15, -0.1) is 11.3 Å². The van der Waals surface area contributed by atoms with Gasteiger partial charge in [-0.1, -0.05) is 41.5 Å². The molecule has 0 radical (unpaired) electrons. The van der Waals surface area contributed by atoms with E-state index in [2.05, 4.69) is 46.6 Å². The summed E-state index contributed by atoms with van der Waals surface area (Å²) < 4.78 is 6.90. The van der Waals surface area contributed by atoms with Crippen LogP contribution in [0.5, 0.6) is 5.75 Å². The van der Waals surface area contributed by atoms with Crippen LogP contribution < -0.4 is 4.80 Å². The first-order valence-corrected chi connectivity index (χ1v) is 10.1. The summed E-state index contributed by atoms with van der Waals surface area (Å²) in [5, 5.41) is 25.6. The van der Waals surface area contributed by atoms with Crippen LogP contribution in [0.3, 0.4) is 0 Å². The Bertz CT molecular complexity index is 1020. The SMILES string of the molecule is CC(C)(C)c1cc(-c2csc(=N)n2/N=C\c2ccco2)cc(C(C)(C)C)c1O. The van der Waals surface area contributed by atoms with Gasteiger partial charge in [0.1, 0.15) is 11.5 Å². The highest BCUT2D eigenvalue weighted by Gasteiger charge is 2.27. The van der Waals surface area contributed by atoms with Gasteiger partial charge in [0.2, 0.25) is 4.80 Å². The zero-order chi connectivity index (χ0) is 20.7. The lowest BCUT2D eigenvalue weighted by Crippen LogP contribution is -2.18. The molecule has 6 heteroatoms. The molecule has 3 aromatic rings. The van der Waals surface area contributed by atoms with Crippen molar-refractivity contribution in [3.8, 4) is 17.0 Å². The van der Waals surface area contributed by atoms with Crippen molar-refractivity contribution in [2.75, 3.05) is 0 Å². The maximum Gasteiger partial charge on any atom is 0.203 e. The van der Waals surface area contributed by atoms with Crippen molar-refractivity contribution in [1.82, 2.24) is 4.68 Å². The van der Waals surface area contributed by atoms with E-state index in [0.717, 1.165) is 22.4 Å². The third-order valence-corrected chi connectivity index (χ3v) is 5.31. The standard InChI is InChI=1S/C22H27N3O2S/c1-21(2,3)16-10-14(11-17(19(16)26)22(4,5)6)18-13-28-20(23)25(18)24-12-15-8-7-9-27-15/h7-13,23,26H,1-6H3/b23-20?,24-12-. The fourth-order valence-electron chi connectivity index (χ4n) is 3.03. The van der Waals surface area contributed by atoms with E-state index in [-0.39, 0.29) is 10.8 Å². The summed E-state index contributed by atoms with van der Waals surface area (Å²) in [6, 6.07) is 7.62. The normalized spacial score (nSPS) is 12.8. The molecule has 2 N–H and O–H groups in total. The molecule has 3 rings (SSSR count). The van der Waals surface area contributed by atoms with Gasteiger partial charge in [0.05, 0.1) is 18.2 Å². The number of phenolic OH excluding ortho intramolecular Hbond substituents is 1. The molecule has 148 valence electrons. The number of aromatic nitrogens is 1. The van der Waals surface area contributed by atoms with Gasteiger partial charge in [0.15, 0.2) is 0 Å². The summed E-state index contributed by atoms with van der Waals surface area (Å²) in [4.78, 5) is 0.320. The monoisotopic (exact) mass is 397 g/mol. The van der Waals surface area contributed by atoms with Crippen LogP contribution in [0.15, 0.2) is 45.4 Å². The third-order valence-electron chi connectivity index (χ3n) is 4.57. The number of thiazole rings is 1. The van der Waals surface area contributed by atoms with E-state index < -0.39 is 0 Å². The number of furan rings is 1. The molecule has 0 fully saturated rings. The Morgan fingerprint density at radius 2 is 1.71 bits per heavy atom. The molecule has 2 heterocycles. The molecular weight excluding hydrogens is 370 g/mol. The van der Waals surface area contributed by atoms with Gasteiger partial charge >= 0.3 is 0 Å². The van der Waals surface area contributed by atoms with Crippen molar-refractivity contribution in [2.45, 2.75) is 52.4 Å². The molecule has 0 unspecified atom stereocenters. The lowest BCUT2D eigenvalue weighted by molar-refractivity contribution is 0.423. The van der Waals surface area contributed by atoms with E-state index in [1.165, 1.54) is 11.3 Å². The van der Waals surface area contributed by atoms with Gasteiger partial charge in [-0.25, -0.2) is 4.68 Å². The number of aromatic hydroxyl groups is 1. The van der Waals surface area contributed by atoms with Crippen molar-refractivity contribution in [3.63, 3.8) is 0 Å². The van der Waals surface area contributed by atoms with E-state index >= 15 is 0 Å². The van der Waals surface area contributed by atoms with Gasteiger partial charge in [0.25, 0.3) is 0 Å². The predicted molar refractivity (Wildman–Crippen MR) is 114 cm³/mol. The molecule has 0 aliphatic heterocycles. The zero-order valence-corrected chi connectivity index (χ0v) is 18.0. The van der Waals surface area contributed by atoms with Crippen LogP contribution in [0, 0.1) is 5.41 Å². The average Bonchev–Trinajstić information content (AvgIpc) is 3.21. The number of nitrogens with one attached hydrogen (secondary N) is 1. The lowest BCUT2D eigenvalue weighted by atomic mass is 9.78. The minimum atomic E-state index is -0.220. The molecule has 0 saturated carbocycles. The smallest absolute Gasteiger partial charge is 0.203 e. The number of rotatable bonds is 3. The predicted octanol–water partition coefficient (Wildman–Crippen LogP) is 5.47. The Hall–Kier alpha value is -2.60. The van der Waals surface area contributed by atoms with Crippen LogP contribution in [0.1, 0.15) is 58.4 Å². The summed E-state index contributed by atoms with van der Waals surface area (Å²) >= 11 is 1.32. The topological polar surface area (TPSA) is 74.5 Å². The first-order chi connectivity index (χ1) is 13.0. The summed E-state index contributed by atoms with van der Waals surface area (Å²) in [6.07, 6.45) is 3.19. The van der Waals surface area contributed by atoms with Gasteiger partial charge in [-0.2, -0.15) is 5.10 Å². The van der Waals surface area contributed by atoms with Crippen molar-refractivity contribution in [3.05, 3.63) is 57.6 Å². The maximum absolute atomic E-state index is 11.0. The van der Waals surface area contributed by atoms with Crippen LogP contribution in [-0.4, -0.2) is 16.0 Å². The minimum Gasteiger partial charge on any atom is -0.507 e. The molecule has 1 aromatic carbocycles. The quantitative estimate of drug-likeness (QED) is 0.575. The lowest BCUT2D eigenvalue weighted by Gasteiger charge is -2.28. The number of hydrogen-bond acceptors (Lipinski definition) is 5. The second-order valence-corrected chi connectivity index (χ2v) is 9.78. The van der Waals surface area contributed by atoms with E-state index in [4.69, 9.17) is 9.83 Å². The first kappa shape index (κ1) is 20.1. The summed E-state index contributed by atoms with van der Waals surface area (Å²) in [5.41, 5.74) is 3.07. The first-order valence-electron chi connectivity index (χ1n) is 9.20. The van der Waals surface area contributed by atoms with Crippen LogP contribution in [-0.2, 0) is 10.8 Å². The molecule has 0 atom stereocenters. The molecule has 0 amide bonds. The molecule has 0 bridgehead atoms. The Kier molecular flexibility index (Phi) is 5.10. The van der Waals surface area contributed by atoms with E-state index in [0.29, 0.717) is 16.3 Å². The second kappa shape index (κ2) is 7.09. The summed E-state index contributed by atoms with van der Waals surface area (Å²) in [5.74, 6) is 0.969. The molecule has 2 aromatic heterocycles. The highest BCUT2D eigenvalue weighted by Crippen LogP contribution is 2.42. The third kappa shape index (κ3) is 3.97. The van der Waals surface area contributed by atoms with Crippen molar-refractivity contribution < 1.29 is 9.52 Å². The molecule has 0 aliphatic rings. The Labute approximate surface area is 169 Å². The fraction of sp³-hybridized carbons (Fsp3) is 0.364. The fourth-order valence-corrected chi connectivity index (χ4v) is 3.74. The molecular formula is C22H27N3O2S. The summed E-state index contributed by atoms with van der Waals surface area (Å²) in [6.45, 7) is 12.5. The van der Waals surface area contributed by atoms with Crippen LogP contribution in [0.4, 0.5) is 0 Å². The zero-order valence-electron chi connectivity index (χ0n) is 17.2. The number of phenols is 1. The van der Waals surface area contributed by atoms with Crippen molar-refractivity contribution in [2.24, 2.45) is 5.10 Å².